The Morgan fingerprint density at radius 1 is 0.947 bits per heavy atom. The van der Waals surface area contributed by atoms with Gasteiger partial charge < -0.3 is 10.1 Å². The molecule has 0 aliphatic carbocycles. The average molecular weight is 267 g/mol. The molecule has 2 nitrogen and oxygen atoms in total. The third-order valence-electron chi connectivity index (χ3n) is 2.57. The van der Waals surface area contributed by atoms with E-state index in [1.165, 1.54) is 30.3 Å². The molecule has 0 atom stereocenters. The van der Waals surface area contributed by atoms with Crippen molar-refractivity contribution in [3.05, 3.63) is 59.4 Å². The smallest absolute Gasteiger partial charge is 0.201 e. The van der Waals surface area contributed by atoms with Gasteiger partial charge in [0.1, 0.15) is 11.6 Å². The van der Waals surface area contributed by atoms with E-state index >= 15 is 0 Å². The Morgan fingerprint density at radius 2 is 1.58 bits per heavy atom. The molecule has 0 radical (unpaired) electrons. The van der Waals surface area contributed by atoms with E-state index in [9.17, 15) is 13.2 Å². The van der Waals surface area contributed by atoms with Gasteiger partial charge in [0.05, 0.1) is 0 Å². The normalized spacial score (nSPS) is 10.5. The Balaban J connectivity index is 2.38. The molecular weight excluding hydrogens is 255 g/mol. The Kier molecular flexibility index (Phi) is 4.06. The molecule has 0 aliphatic heterocycles. The molecule has 0 aliphatic rings. The zero-order chi connectivity index (χ0) is 13.8. The number of rotatable bonds is 4. The second-order valence-electron chi connectivity index (χ2n) is 3.90. The topological polar surface area (TPSA) is 21.3 Å². The van der Waals surface area contributed by atoms with Crippen LogP contribution in [0.1, 0.15) is 5.56 Å². The predicted octanol–water partition coefficient (Wildman–Crippen LogP) is 3.62. The summed E-state index contributed by atoms with van der Waals surface area (Å²) < 4.78 is 45.5. The molecule has 19 heavy (non-hydrogen) atoms. The van der Waals surface area contributed by atoms with E-state index in [1.54, 1.807) is 7.05 Å². The van der Waals surface area contributed by atoms with E-state index in [4.69, 9.17) is 4.74 Å². The molecule has 0 spiro atoms. The van der Waals surface area contributed by atoms with Gasteiger partial charge in [0.25, 0.3) is 0 Å². The number of ether oxygens (including phenoxy) is 1. The summed E-state index contributed by atoms with van der Waals surface area (Å²) in [4.78, 5) is 0. The summed E-state index contributed by atoms with van der Waals surface area (Å²) in [6.07, 6.45) is 0. The molecule has 0 saturated heterocycles. The highest BCUT2D eigenvalue weighted by atomic mass is 19.2. The lowest BCUT2D eigenvalue weighted by atomic mass is 10.2. The number of halogens is 3. The van der Waals surface area contributed by atoms with Gasteiger partial charge in [0, 0.05) is 12.1 Å². The van der Waals surface area contributed by atoms with Crippen LogP contribution in [0.2, 0.25) is 0 Å². The van der Waals surface area contributed by atoms with Gasteiger partial charge >= 0.3 is 0 Å². The predicted molar refractivity (Wildman–Crippen MR) is 65.6 cm³/mol. The second kappa shape index (κ2) is 5.75. The molecular formula is C14H12F3NO. The first-order valence-corrected chi connectivity index (χ1v) is 5.67. The van der Waals surface area contributed by atoms with Crippen LogP contribution in [0.3, 0.4) is 0 Å². The van der Waals surface area contributed by atoms with Crippen molar-refractivity contribution in [1.29, 1.82) is 0 Å². The van der Waals surface area contributed by atoms with Crippen LogP contribution >= 0.6 is 0 Å². The van der Waals surface area contributed by atoms with Gasteiger partial charge in [0.15, 0.2) is 11.6 Å². The van der Waals surface area contributed by atoms with Crippen molar-refractivity contribution in [1.82, 2.24) is 5.32 Å². The van der Waals surface area contributed by atoms with Crippen LogP contribution in [0, 0.1) is 17.5 Å². The highest BCUT2D eigenvalue weighted by Crippen LogP contribution is 2.29. The van der Waals surface area contributed by atoms with Crippen LogP contribution in [0.25, 0.3) is 0 Å². The minimum absolute atomic E-state index is 0.152. The summed E-state index contributed by atoms with van der Waals surface area (Å²) in [6, 6.07) is 7.82. The van der Waals surface area contributed by atoms with E-state index < -0.39 is 17.5 Å². The SMILES string of the molecule is CNCc1c(F)cccc1Oc1cccc(F)c1F. The molecule has 2 rings (SSSR count). The zero-order valence-corrected chi connectivity index (χ0v) is 10.2. The highest BCUT2D eigenvalue weighted by molar-refractivity contribution is 5.39. The first-order valence-electron chi connectivity index (χ1n) is 5.67. The molecule has 100 valence electrons. The molecule has 0 unspecified atom stereocenters. The zero-order valence-electron chi connectivity index (χ0n) is 10.2. The van der Waals surface area contributed by atoms with E-state index in [2.05, 4.69) is 5.32 Å². The van der Waals surface area contributed by atoms with Crippen molar-refractivity contribution in [3.63, 3.8) is 0 Å². The Morgan fingerprint density at radius 3 is 2.26 bits per heavy atom. The Bertz CT molecular complexity index is 587. The Labute approximate surface area is 108 Å². The summed E-state index contributed by atoms with van der Waals surface area (Å²) in [5.41, 5.74) is 0.258. The van der Waals surface area contributed by atoms with Crippen molar-refractivity contribution >= 4 is 0 Å². The van der Waals surface area contributed by atoms with Gasteiger partial charge in [-0.2, -0.15) is 4.39 Å². The van der Waals surface area contributed by atoms with Crippen molar-refractivity contribution in [2.45, 2.75) is 6.54 Å². The summed E-state index contributed by atoms with van der Waals surface area (Å²) in [6.45, 7) is 0.221. The fraction of sp³-hybridized carbons (Fsp3) is 0.143. The van der Waals surface area contributed by atoms with E-state index in [-0.39, 0.29) is 23.6 Å². The van der Waals surface area contributed by atoms with E-state index in [0.717, 1.165) is 6.07 Å². The summed E-state index contributed by atoms with van der Waals surface area (Å²) >= 11 is 0. The second-order valence-corrected chi connectivity index (χ2v) is 3.90. The lowest BCUT2D eigenvalue weighted by Crippen LogP contribution is -2.08. The van der Waals surface area contributed by atoms with Crippen molar-refractivity contribution in [2.75, 3.05) is 7.05 Å². The average Bonchev–Trinajstić information content (AvgIpc) is 2.39. The van der Waals surface area contributed by atoms with Gasteiger partial charge in [-0.25, -0.2) is 8.78 Å². The van der Waals surface area contributed by atoms with Gasteiger partial charge in [-0.3, -0.25) is 0 Å². The van der Waals surface area contributed by atoms with Crippen LogP contribution < -0.4 is 10.1 Å². The molecule has 0 saturated carbocycles. The molecule has 0 bridgehead atoms. The number of hydrogen-bond donors (Lipinski definition) is 1. The largest absolute Gasteiger partial charge is 0.454 e. The van der Waals surface area contributed by atoms with E-state index in [1.807, 2.05) is 0 Å². The molecule has 0 heterocycles. The third kappa shape index (κ3) is 2.88. The highest BCUT2D eigenvalue weighted by Gasteiger charge is 2.14. The number of nitrogens with one attached hydrogen (secondary N) is 1. The summed E-state index contributed by atoms with van der Waals surface area (Å²) in [5, 5.41) is 2.79. The first-order chi connectivity index (χ1) is 9.13. The maximum atomic E-state index is 13.6. The minimum atomic E-state index is -1.10. The molecule has 2 aromatic carbocycles. The molecule has 2 aromatic rings. The molecule has 0 fully saturated rings. The van der Waals surface area contributed by atoms with Crippen LogP contribution in [0.5, 0.6) is 11.5 Å². The standard InChI is InChI=1S/C14H12F3NO/c1-18-8-9-10(15)4-2-6-12(9)19-13-7-3-5-11(16)14(13)17/h2-7,18H,8H2,1H3. The van der Waals surface area contributed by atoms with Crippen LogP contribution in [-0.4, -0.2) is 7.05 Å². The van der Waals surface area contributed by atoms with Gasteiger partial charge in [-0.1, -0.05) is 12.1 Å². The van der Waals surface area contributed by atoms with Gasteiger partial charge in [-0.05, 0) is 31.3 Å². The van der Waals surface area contributed by atoms with Gasteiger partial charge in [-0.15, -0.1) is 0 Å². The minimum Gasteiger partial charge on any atom is -0.454 e. The fourth-order valence-electron chi connectivity index (χ4n) is 1.66. The first kappa shape index (κ1) is 13.4. The van der Waals surface area contributed by atoms with E-state index in [0.29, 0.717) is 0 Å². The molecule has 5 heteroatoms. The Hall–Kier alpha value is -2.01. The molecule has 1 N–H and O–H groups in total. The van der Waals surface area contributed by atoms with Crippen LogP contribution in [-0.2, 0) is 6.54 Å². The monoisotopic (exact) mass is 267 g/mol. The number of benzene rings is 2. The van der Waals surface area contributed by atoms with Crippen LogP contribution in [0.4, 0.5) is 13.2 Å². The van der Waals surface area contributed by atoms with Gasteiger partial charge in [0.2, 0.25) is 5.82 Å². The lowest BCUT2D eigenvalue weighted by Gasteiger charge is -2.12. The molecule has 0 aromatic heterocycles. The van der Waals surface area contributed by atoms with Crippen LogP contribution in [0.15, 0.2) is 36.4 Å². The fourth-order valence-corrected chi connectivity index (χ4v) is 1.66. The maximum absolute atomic E-state index is 13.6. The summed E-state index contributed by atoms with van der Waals surface area (Å²) in [5.74, 6) is -2.70. The van der Waals surface area contributed by atoms with Crippen molar-refractivity contribution in [2.24, 2.45) is 0 Å². The quantitative estimate of drug-likeness (QED) is 0.913. The van der Waals surface area contributed by atoms with Crippen molar-refractivity contribution < 1.29 is 17.9 Å². The lowest BCUT2D eigenvalue weighted by molar-refractivity contribution is 0.408. The maximum Gasteiger partial charge on any atom is 0.201 e. The number of hydrogen-bond acceptors (Lipinski definition) is 2. The summed E-state index contributed by atoms with van der Waals surface area (Å²) in [7, 11) is 1.65. The third-order valence-corrected chi connectivity index (χ3v) is 2.57. The molecule has 0 amide bonds. The van der Waals surface area contributed by atoms with Crippen molar-refractivity contribution in [3.8, 4) is 11.5 Å².